The Hall–Kier alpha value is -0.0400. The lowest BCUT2D eigenvalue weighted by atomic mass is 9.87. The van der Waals surface area contributed by atoms with Gasteiger partial charge in [0.15, 0.2) is 0 Å². The van der Waals surface area contributed by atoms with Crippen molar-refractivity contribution in [1.29, 1.82) is 0 Å². The van der Waals surface area contributed by atoms with Gasteiger partial charge in [-0.15, -0.1) is 0 Å². The Morgan fingerprint density at radius 2 is 1.67 bits per heavy atom. The van der Waals surface area contributed by atoms with Crippen LogP contribution in [0.25, 0.3) is 0 Å². The molecule has 90 valence electrons. The van der Waals surface area contributed by atoms with Crippen molar-refractivity contribution in [2.24, 2.45) is 23.5 Å². The van der Waals surface area contributed by atoms with Crippen LogP contribution < -0.4 is 5.73 Å². The zero-order chi connectivity index (χ0) is 11.3. The molecule has 1 nitrogen and oxygen atoms in total. The molecule has 0 saturated heterocycles. The number of hydrogen-bond donors (Lipinski definition) is 1. The van der Waals surface area contributed by atoms with Crippen molar-refractivity contribution < 1.29 is 0 Å². The van der Waals surface area contributed by atoms with Crippen LogP contribution in [0.1, 0.15) is 65.7 Å². The Labute approximate surface area is 95.8 Å². The molecule has 3 unspecified atom stereocenters. The van der Waals surface area contributed by atoms with Crippen LogP contribution in [0.4, 0.5) is 0 Å². The summed E-state index contributed by atoms with van der Waals surface area (Å²) in [5.74, 6) is 2.64. The Morgan fingerprint density at radius 1 is 1.07 bits per heavy atom. The highest BCUT2D eigenvalue weighted by Crippen LogP contribution is 2.33. The standard InChI is InChI=1S/C14H29N/c1-4-6-14(15)13-8-5-7-12(9-10-13)11(2)3/h11-14H,4-10,15H2,1-3H3. The van der Waals surface area contributed by atoms with Crippen LogP contribution in [-0.2, 0) is 0 Å². The Balaban J connectivity index is 2.38. The minimum absolute atomic E-state index is 0.473. The minimum Gasteiger partial charge on any atom is -0.327 e. The summed E-state index contributed by atoms with van der Waals surface area (Å²) in [7, 11) is 0. The van der Waals surface area contributed by atoms with Gasteiger partial charge >= 0.3 is 0 Å². The highest BCUT2D eigenvalue weighted by atomic mass is 14.6. The van der Waals surface area contributed by atoms with Gasteiger partial charge in [-0.3, -0.25) is 0 Å². The maximum absolute atomic E-state index is 6.25. The van der Waals surface area contributed by atoms with Gasteiger partial charge in [-0.1, -0.05) is 40.0 Å². The topological polar surface area (TPSA) is 26.0 Å². The van der Waals surface area contributed by atoms with Crippen molar-refractivity contribution >= 4 is 0 Å². The van der Waals surface area contributed by atoms with Crippen LogP contribution in [0.2, 0.25) is 0 Å². The molecule has 3 atom stereocenters. The molecule has 1 aliphatic rings. The summed E-state index contributed by atoms with van der Waals surface area (Å²) in [4.78, 5) is 0. The molecule has 0 spiro atoms. The first kappa shape index (κ1) is 13.0. The van der Waals surface area contributed by atoms with Crippen molar-refractivity contribution in [3.63, 3.8) is 0 Å². The lowest BCUT2D eigenvalue weighted by Gasteiger charge is -2.22. The van der Waals surface area contributed by atoms with E-state index in [2.05, 4.69) is 20.8 Å². The predicted octanol–water partition coefficient (Wildman–Crippen LogP) is 3.97. The fraction of sp³-hybridized carbons (Fsp3) is 1.00. The first-order valence-corrected chi connectivity index (χ1v) is 6.90. The van der Waals surface area contributed by atoms with E-state index in [1.807, 2.05) is 0 Å². The van der Waals surface area contributed by atoms with Crippen molar-refractivity contribution in [3.05, 3.63) is 0 Å². The monoisotopic (exact) mass is 211 g/mol. The molecule has 0 radical (unpaired) electrons. The molecule has 0 aromatic heterocycles. The summed E-state index contributed by atoms with van der Waals surface area (Å²) in [5.41, 5.74) is 6.25. The van der Waals surface area contributed by atoms with Crippen LogP contribution in [0, 0.1) is 17.8 Å². The summed E-state index contributed by atoms with van der Waals surface area (Å²) in [6.45, 7) is 6.99. The molecule has 1 aliphatic carbocycles. The molecular formula is C14H29N. The van der Waals surface area contributed by atoms with Gasteiger partial charge in [0.25, 0.3) is 0 Å². The first-order chi connectivity index (χ1) is 7.15. The van der Waals surface area contributed by atoms with Crippen LogP contribution in [0.3, 0.4) is 0 Å². The highest BCUT2D eigenvalue weighted by Gasteiger charge is 2.24. The maximum atomic E-state index is 6.25. The molecule has 0 aromatic rings. The first-order valence-electron chi connectivity index (χ1n) is 6.90. The van der Waals surface area contributed by atoms with Gasteiger partial charge in [0, 0.05) is 6.04 Å². The van der Waals surface area contributed by atoms with E-state index in [1.165, 1.54) is 44.9 Å². The van der Waals surface area contributed by atoms with Crippen LogP contribution in [0.5, 0.6) is 0 Å². The van der Waals surface area contributed by atoms with E-state index in [1.54, 1.807) is 0 Å². The summed E-state index contributed by atoms with van der Waals surface area (Å²) < 4.78 is 0. The van der Waals surface area contributed by atoms with Crippen molar-refractivity contribution in [1.82, 2.24) is 0 Å². The highest BCUT2D eigenvalue weighted by molar-refractivity contribution is 4.78. The van der Waals surface area contributed by atoms with E-state index in [-0.39, 0.29) is 0 Å². The van der Waals surface area contributed by atoms with Gasteiger partial charge in [-0.05, 0) is 43.4 Å². The molecular weight excluding hydrogens is 182 g/mol. The second kappa shape index (κ2) is 6.52. The van der Waals surface area contributed by atoms with Crippen molar-refractivity contribution in [2.45, 2.75) is 71.8 Å². The Bertz CT molecular complexity index is 165. The second-order valence-corrected chi connectivity index (χ2v) is 5.72. The van der Waals surface area contributed by atoms with E-state index >= 15 is 0 Å². The molecule has 15 heavy (non-hydrogen) atoms. The molecule has 1 saturated carbocycles. The van der Waals surface area contributed by atoms with E-state index in [9.17, 15) is 0 Å². The largest absolute Gasteiger partial charge is 0.327 e. The number of rotatable bonds is 4. The fourth-order valence-corrected chi connectivity index (χ4v) is 3.02. The van der Waals surface area contributed by atoms with Gasteiger partial charge in [0.2, 0.25) is 0 Å². The van der Waals surface area contributed by atoms with Crippen LogP contribution in [0.15, 0.2) is 0 Å². The second-order valence-electron chi connectivity index (χ2n) is 5.72. The van der Waals surface area contributed by atoms with E-state index in [0.29, 0.717) is 6.04 Å². The zero-order valence-electron chi connectivity index (χ0n) is 10.8. The molecule has 0 aromatic carbocycles. The molecule has 1 heteroatoms. The normalized spacial score (nSPS) is 30.2. The summed E-state index contributed by atoms with van der Waals surface area (Å²) in [6.07, 6.45) is 9.48. The molecule has 2 N–H and O–H groups in total. The predicted molar refractivity (Wildman–Crippen MR) is 67.8 cm³/mol. The van der Waals surface area contributed by atoms with Crippen LogP contribution in [-0.4, -0.2) is 6.04 Å². The molecule has 0 heterocycles. The third-order valence-electron chi connectivity index (χ3n) is 4.23. The summed E-state index contributed by atoms with van der Waals surface area (Å²) in [6, 6.07) is 0.473. The average Bonchev–Trinajstić information content (AvgIpc) is 2.43. The minimum atomic E-state index is 0.473. The third kappa shape index (κ3) is 4.14. The zero-order valence-corrected chi connectivity index (χ0v) is 10.8. The lowest BCUT2D eigenvalue weighted by molar-refractivity contribution is 0.320. The van der Waals surface area contributed by atoms with Crippen molar-refractivity contribution in [3.8, 4) is 0 Å². The smallest absolute Gasteiger partial charge is 0.00670 e. The quantitative estimate of drug-likeness (QED) is 0.700. The third-order valence-corrected chi connectivity index (χ3v) is 4.23. The van der Waals surface area contributed by atoms with Crippen molar-refractivity contribution in [2.75, 3.05) is 0 Å². The molecule has 0 aliphatic heterocycles. The summed E-state index contributed by atoms with van der Waals surface area (Å²) >= 11 is 0. The van der Waals surface area contributed by atoms with E-state index in [0.717, 1.165) is 17.8 Å². The van der Waals surface area contributed by atoms with Crippen LogP contribution >= 0.6 is 0 Å². The van der Waals surface area contributed by atoms with Gasteiger partial charge < -0.3 is 5.73 Å². The maximum Gasteiger partial charge on any atom is 0.00670 e. The number of nitrogens with two attached hydrogens (primary N) is 1. The SMILES string of the molecule is CCCC(N)C1CCCC(C(C)C)CC1. The van der Waals surface area contributed by atoms with E-state index in [4.69, 9.17) is 5.73 Å². The van der Waals surface area contributed by atoms with E-state index < -0.39 is 0 Å². The molecule has 1 rings (SSSR count). The fourth-order valence-electron chi connectivity index (χ4n) is 3.02. The Kier molecular flexibility index (Phi) is 5.66. The molecule has 0 amide bonds. The molecule has 1 fully saturated rings. The number of hydrogen-bond acceptors (Lipinski definition) is 1. The Morgan fingerprint density at radius 3 is 2.27 bits per heavy atom. The van der Waals surface area contributed by atoms with Gasteiger partial charge in [-0.25, -0.2) is 0 Å². The average molecular weight is 211 g/mol. The van der Waals surface area contributed by atoms with Gasteiger partial charge in [0.05, 0.1) is 0 Å². The van der Waals surface area contributed by atoms with Gasteiger partial charge in [0.1, 0.15) is 0 Å². The van der Waals surface area contributed by atoms with Gasteiger partial charge in [-0.2, -0.15) is 0 Å². The lowest BCUT2D eigenvalue weighted by Crippen LogP contribution is -2.29. The molecule has 0 bridgehead atoms. The summed E-state index contributed by atoms with van der Waals surface area (Å²) in [5, 5.41) is 0.